The average molecular weight is 265 g/mol. The number of hydrogen-bond acceptors (Lipinski definition) is 5. The molecule has 7 N–H and O–H groups in total. The molecule has 0 heterocycles. The molecule has 0 saturated carbocycles. The van der Waals surface area contributed by atoms with Crippen molar-refractivity contribution in [2.45, 2.75) is 13.0 Å². The first-order chi connectivity index (χ1) is 5.77. The Labute approximate surface area is 95.0 Å². The maximum absolute atomic E-state index is 10.4. The van der Waals surface area contributed by atoms with Crippen LogP contribution in [0.2, 0.25) is 0 Å². The molecule has 0 bridgehead atoms. The number of hydrogen-bond donors (Lipinski definition) is 5. The zero-order valence-electron chi connectivity index (χ0n) is 7.65. The third kappa shape index (κ3) is 2.90. The van der Waals surface area contributed by atoms with E-state index in [1.54, 1.807) is 0 Å². The van der Waals surface area contributed by atoms with Gasteiger partial charge in [-0.05, 0) is 6.92 Å². The summed E-state index contributed by atoms with van der Waals surface area (Å²) in [4.78, 5) is 31.3. The van der Waals surface area contributed by atoms with E-state index in [9.17, 15) is 14.4 Å². The van der Waals surface area contributed by atoms with E-state index in [2.05, 4.69) is 0 Å². The van der Waals surface area contributed by atoms with Gasteiger partial charge in [-0.3, -0.25) is 14.4 Å². The fourth-order valence-corrected chi connectivity index (χ4v) is 0.811. The normalized spacial score (nSPS) is 11.6. The molecule has 0 aliphatic heterocycles. The number of carboxylic acid groups (broad SMARTS) is 3. The fraction of sp³-hybridized carbons (Fsp3) is 0.500. The van der Waals surface area contributed by atoms with Gasteiger partial charge in [0, 0.05) is 17.1 Å². The first kappa shape index (κ1) is 19.4. The van der Waals surface area contributed by atoms with Crippen LogP contribution < -0.4 is 6.15 Å². The van der Waals surface area contributed by atoms with Crippen LogP contribution in [0.3, 0.4) is 0 Å². The third-order valence-electron chi connectivity index (χ3n) is 1.64. The van der Waals surface area contributed by atoms with Crippen LogP contribution in [-0.2, 0) is 31.5 Å². The Hall–Kier alpha value is -1.15. The van der Waals surface area contributed by atoms with E-state index >= 15 is 0 Å². The molecule has 9 heteroatoms. The Balaban J connectivity index is -0.000000720. The first-order valence-electron chi connectivity index (χ1n) is 3.16. The van der Waals surface area contributed by atoms with Crippen LogP contribution in [-0.4, -0.2) is 44.4 Å². The molecule has 8 nitrogen and oxygen atoms in total. The SMILES string of the molecule is CC(O)C(C(=O)O)(C(=O)O)C(=O)O.N.[Fe]. The summed E-state index contributed by atoms with van der Waals surface area (Å²) in [6.45, 7) is 0.788. The Morgan fingerprint density at radius 3 is 1.20 bits per heavy atom. The molecule has 0 spiro atoms. The molecule has 0 aromatic heterocycles. The van der Waals surface area contributed by atoms with Gasteiger partial charge in [-0.25, -0.2) is 0 Å². The number of aliphatic carboxylic acids is 3. The summed E-state index contributed by atoms with van der Waals surface area (Å²) in [6.07, 6.45) is -2.03. The number of aliphatic hydroxyl groups excluding tert-OH is 1. The maximum Gasteiger partial charge on any atom is 0.335 e. The molecule has 0 fully saturated rings. The minimum atomic E-state index is -3.19. The van der Waals surface area contributed by atoms with Crippen molar-refractivity contribution in [1.82, 2.24) is 6.15 Å². The maximum atomic E-state index is 10.4. The summed E-state index contributed by atoms with van der Waals surface area (Å²) in [6, 6.07) is 0. The minimum Gasteiger partial charge on any atom is -0.480 e. The van der Waals surface area contributed by atoms with Crippen LogP contribution in [0.4, 0.5) is 0 Å². The molecule has 0 saturated heterocycles. The summed E-state index contributed by atoms with van der Waals surface area (Å²) >= 11 is 0. The van der Waals surface area contributed by atoms with E-state index in [4.69, 9.17) is 20.4 Å². The van der Waals surface area contributed by atoms with Crippen LogP contribution in [0, 0.1) is 5.41 Å². The van der Waals surface area contributed by atoms with Crippen molar-refractivity contribution in [3.8, 4) is 0 Å². The monoisotopic (exact) mass is 265 g/mol. The fourth-order valence-electron chi connectivity index (χ4n) is 0.811. The van der Waals surface area contributed by atoms with Crippen LogP contribution in [0.15, 0.2) is 0 Å². The third-order valence-corrected chi connectivity index (χ3v) is 1.64. The average Bonchev–Trinajstić information content (AvgIpc) is 1.82. The van der Waals surface area contributed by atoms with Gasteiger partial charge in [0.1, 0.15) is 0 Å². The summed E-state index contributed by atoms with van der Waals surface area (Å²) < 4.78 is 0. The van der Waals surface area contributed by atoms with Gasteiger partial charge in [0.05, 0.1) is 6.10 Å². The number of aliphatic hydroxyl groups is 1. The van der Waals surface area contributed by atoms with Crippen molar-refractivity contribution >= 4 is 17.9 Å². The molecular formula is C6H11FeNO7. The largest absolute Gasteiger partial charge is 0.480 e. The predicted molar refractivity (Wildman–Crippen MR) is 42.0 cm³/mol. The van der Waals surface area contributed by atoms with Crippen LogP contribution in [0.25, 0.3) is 0 Å². The molecule has 0 aromatic rings. The summed E-state index contributed by atoms with van der Waals surface area (Å²) in [5, 5.41) is 34.1. The van der Waals surface area contributed by atoms with Gasteiger partial charge < -0.3 is 26.6 Å². The van der Waals surface area contributed by atoms with Crippen molar-refractivity contribution in [3.63, 3.8) is 0 Å². The Bertz CT molecular complexity index is 228. The first-order valence-corrected chi connectivity index (χ1v) is 3.16. The van der Waals surface area contributed by atoms with E-state index in [-0.39, 0.29) is 23.2 Å². The van der Waals surface area contributed by atoms with Gasteiger partial charge in [-0.2, -0.15) is 0 Å². The van der Waals surface area contributed by atoms with E-state index in [0.29, 0.717) is 0 Å². The molecule has 0 rings (SSSR count). The molecule has 1 unspecified atom stereocenters. The van der Waals surface area contributed by atoms with Gasteiger partial charge in [0.15, 0.2) is 0 Å². The van der Waals surface area contributed by atoms with E-state index in [1.165, 1.54) is 0 Å². The van der Waals surface area contributed by atoms with Gasteiger partial charge in [-0.1, -0.05) is 0 Å². The zero-order chi connectivity index (χ0) is 10.8. The Kier molecular flexibility index (Phi) is 8.23. The van der Waals surface area contributed by atoms with Crippen LogP contribution in [0.1, 0.15) is 6.92 Å². The van der Waals surface area contributed by atoms with Gasteiger partial charge in [0.2, 0.25) is 0 Å². The Morgan fingerprint density at radius 2 is 1.20 bits per heavy atom. The smallest absolute Gasteiger partial charge is 0.335 e. The van der Waals surface area contributed by atoms with E-state index in [1.807, 2.05) is 0 Å². The second-order valence-corrected chi connectivity index (χ2v) is 2.40. The van der Waals surface area contributed by atoms with Crippen molar-refractivity contribution in [3.05, 3.63) is 0 Å². The summed E-state index contributed by atoms with van der Waals surface area (Å²) in [7, 11) is 0. The van der Waals surface area contributed by atoms with Crippen molar-refractivity contribution < 1.29 is 51.9 Å². The molecule has 0 aliphatic rings. The minimum absolute atomic E-state index is 0. The quantitative estimate of drug-likeness (QED) is 0.311. The predicted octanol–water partition coefficient (Wildman–Crippen LogP) is -1.23. The second-order valence-electron chi connectivity index (χ2n) is 2.40. The molecule has 0 aromatic carbocycles. The van der Waals surface area contributed by atoms with Crippen LogP contribution >= 0.6 is 0 Å². The molecule has 15 heavy (non-hydrogen) atoms. The van der Waals surface area contributed by atoms with Crippen molar-refractivity contribution in [2.24, 2.45) is 5.41 Å². The summed E-state index contributed by atoms with van der Waals surface area (Å²) in [5.41, 5.74) is -3.19. The zero-order valence-corrected chi connectivity index (χ0v) is 8.76. The number of carbonyl (C=O) groups is 3. The topological polar surface area (TPSA) is 167 Å². The molecule has 1 atom stereocenters. The van der Waals surface area contributed by atoms with E-state index < -0.39 is 29.4 Å². The van der Waals surface area contributed by atoms with Crippen LogP contribution in [0.5, 0.6) is 0 Å². The summed E-state index contributed by atoms with van der Waals surface area (Å²) in [5.74, 6) is -6.33. The van der Waals surface area contributed by atoms with Crippen molar-refractivity contribution in [1.29, 1.82) is 0 Å². The molecule has 0 radical (unpaired) electrons. The second kappa shape index (κ2) is 6.35. The molecule has 0 aliphatic carbocycles. The standard InChI is InChI=1S/C6H8O7.Fe.H3N/c1-2(7)6(3(8)9,4(10)11)5(12)13;;/h2,7H,1H3,(H,8,9)(H,10,11)(H,12,13);;1H3. The van der Waals surface area contributed by atoms with Gasteiger partial charge in [-0.15, -0.1) is 0 Å². The van der Waals surface area contributed by atoms with Gasteiger partial charge in [0.25, 0.3) is 5.41 Å². The number of rotatable bonds is 4. The van der Waals surface area contributed by atoms with Gasteiger partial charge >= 0.3 is 17.9 Å². The molecule has 0 amide bonds. The van der Waals surface area contributed by atoms with E-state index in [0.717, 1.165) is 6.92 Å². The Morgan fingerprint density at radius 1 is 1.00 bits per heavy atom. The molecular weight excluding hydrogens is 254 g/mol. The number of carboxylic acids is 3. The van der Waals surface area contributed by atoms with Crippen molar-refractivity contribution in [2.75, 3.05) is 0 Å². The molecule has 90 valence electrons.